The maximum atomic E-state index is 13.1. The van der Waals surface area contributed by atoms with Crippen LogP contribution in [0.4, 0.5) is 5.13 Å². The van der Waals surface area contributed by atoms with Crippen molar-refractivity contribution in [3.63, 3.8) is 0 Å². The van der Waals surface area contributed by atoms with E-state index in [2.05, 4.69) is 25.9 Å². The Balaban J connectivity index is 1.79. The van der Waals surface area contributed by atoms with Crippen LogP contribution in [-0.4, -0.2) is 15.9 Å². The first-order valence-electron chi connectivity index (χ1n) is 8.05. The van der Waals surface area contributed by atoms with Crippen LogP contribution in [0.3, 0.4) is 0 Å². The summed E-state index contributed by atoms with van der Waals surface area (Å²) in [6.45, 7) is 2.20. The second-order valence-electron chi connectivity index (χ2n) is 5.83. The van der Waals surface area contributed by atoms with Crippen molar-refractivity contribution in [2.75, 3.05) is 4.90 Å². The van der Waals surface area contributed by atoms with Gasteiger partial charge in [0.05, 0.1) is 22.5 Å². The van der Waals surface area contributed by atoms with E-state index in [4.69, 9.17) is 16.0 Å². The van der Waals surface area contributed by atoms with Gasteiger partial charge in [-0.15, -0.1) is 0 Å². The lowest BCUT2D eigenvalue weighted by atomic mass is 10.2. The van der Waals surface area contributed by atoms with Crippen molar-refractivity contribution in [3.8, 4) is 0 Å². The summed E-state index contributed by atoms with van der Waals surface area (Å²) in [6, 6.07) is 12.7. The third kappa shape index (κ3) is 3.63. The highest BCUT2D eigenvalue weighted by Gasteiger charge is 2.25. The maximum Gasteiger partial charge on any atom is 0.296 e. The quantitative estimate of drug-likeness (QED) is 0.381. The molecular weight excluding hydrogens is 450 g/mol. The summed E-state index contributed by atoms with van der Waals surface area (Å²) >= 11 is 10.9. The molecule has 3 heterocycles. The molecule has 5 nitrogen and oxygen atoms in total. The topological polar surface area (TPSA) is 59.2 Å². The van der Waals surface area contributed by atoms with Crippen LogP contribution in [0.1, 0.15) is 21.8 Å². The normalized spacial score (nSPS) is 11.1. The summed E-state index contributed by atoms with van der Waals surface area (Å²) in [5, 5.41) is 1.22. The summed E-state index contributed by atoms with van der Waals surface area (Å²) in [7, 11) is 0. The molecule has 27 heavy (non-hydrogen) atoms. The van der Waals surface area contributed by atoms with Crippen molar-refractivity contribution in [1.82, 2.24) is 9.97 Å². The molecule has 0 aliphatic carbocycles. The minimum Gasteiger partial charge on any atom is -0.444 e. The van der Waals surface area contributed by atoms with Crippen LogP contribution < -0.4 is 4.90 Å². The number of hydrogen-bond acceptors (Lipinski definition) is 5. The number of carbonyl (C=O) groups is 1. The minimum absolute atomic E-state index is 0.229. The number of carbonyl (C=O) groups excluding carboxylic acids is 1. The Kier molecular flexibility index (Phi) is 4.99. The number of pyridine rings is 1. The molecule has 0 unspecified atom stereocenters. The Morgan fingerprint density at radius 2 is 2.11 bits per heavy atom. The lowest BCUT2D eigenvalue weighted by molar-refractivity contribution is 0.0957. The fraction of sp³-hybridized carbons (Fsp3) is 0.105. The molecule has 8 heteroatoms. The molecule has 0 saturated heterocycles. The van der Waals surface area contributed by atoms with Gasteiger partial charge in [0, 0.05) is 11.2 Å². The molecule has 0 fully saturated rings. The van der Waals surface area contributed by atoms with E-state index < -0.39 is 0 Å². The molecule has 0 atom stereocenters. The molecule has 0 aliphatic rings. The van der Waals surface area contributed by atoms with Crippen LogP contribution in [0.2, 0.25) is 5.02 Å². The summed E-state index contributed by atoms with van der Waals surface area (Å²) in [5.41, 5.74) is 2.44. The van der Waals surface area contributed by atoms with E-state index in [0.29, 0.717) is 14.8 Å². The highest BCUT2D eigenvalue weighted by atomic mass is 79.9. The maximum absolute atomic E-state index is 13.1. The van der Waals surface area contributed by atoms with Crippen LogP contribution >= 0.6 is 38.9 Å². The third-order valence-corrected chi connectivity index (χ3v) is 5.92. The van der Waals surface area contributed by atoms with Gasteiger partial charge in [0.15, 0.2) is 15.6 Å². The Bertz CT molecular complexity index is 1130. The molecule has 1 amide bonds. The number of furan rings is 1. The molecule has 4 rings (SSSR count). The van der Waals surface area contributed by atoms with Gasteiger partial charge in [-0.05, 0) is 64.8 Å². The number of nitrogens with zero attached hydrogens (tertiary/aromatic N) is 3. The number of amides is 1. The van der Waals surface area contributed by atoms with Crippen LogP contribution in [0, 0.1) is 6.92 Å². The molecule has 0 aliphatic heterocycles. The molecular formula is C19H13BrClN3O2S. The first-order chi connectivity index (χ1) is 13.0. The van der Waals surface area contributed by atoms with Crippen molar-refractivity contribution >= 4 is 60.1 Å². The van der Waals surface area contributed by atoms with Gasteiger partial charge < -0.3 is 4.42 Å². The fourth-order valence-electron chi connectivity index (χ4n) is 2.65. The van der Waals surface area contributed by atoms with Crippen LogP contribution in [-0.2, 0) is 6.54 Å². The predicted molar refractivity (Wildman–Crippen MR) is 111 cm³/mol. The molecule has 0 saturated carbocycles. The lowest BCUT2D eigenvalue weighted by Crippen LogP contribution is -2.30. The summed E-state index contributed by atoms with van der Waals surface area (Å²) in [6.07, 6.45) is 1.70. The smallest absolute Gasteiger partial charge is 0.296 e. The number of rotatable bonds is 4. The van der Waals surface area contributed by atoms with Crippen molar-refractivity contribution in [1.29, 1.82) is 0 Å². The van der Waals surface area contributed by atoms with E-state index in [0.717, 1.165) is 21.5 Å². The number of benzene rings is 1. The van der Waals surface area contributed by atoms with Crippen molar-refractivity contribution in [2.45, 2.75) is 13.5 Å². The lowest BCUT2D eigenvalue weighted by Gasteiger charge is -2.18. The Morgan fingerprint density at radius 1 is 1.26 bits per heavy atom. The number of aryl methyl sites for hydroxylation is 1. The van der Waals surface area contributed by atoms with Crippen molar-refractivity contribution in [3.05, 3.63) is 75.4 Å². The minimum atomic E-state index is -0.283. The summed E-state index contributed by atoms with van der Waals surface area (Å²) in [5.74, 6) is -0.0547. The average molecular weight is 463 g/mol. The van der Waals surface area contributed by atoms with E-state index in [1.807, 2.05) is 37.3 Å². The number of hydrogen-bond donors (Lipinski definition) is 0. The number of anilines is 1. The van der Waals surface area contributed by atoms with Gasteiger partial charge in [-0.25, -0.2) is 4.98 Å². The number of thiazole rings is 1. The van der Waals surface area contributed by atoms with E-state index in [1.54, 1.807) is 23.2 Å². The predicted octanol–water partition coefficient (Wildman–Crippen LogP) is 5.86. The molecule has 0 bridgehead atoms. The monoisotopic (exact) mass is 461 g/mol. The van der Waals surface area contributed by atoms with Gasteiger partial charge in [0.2, 0.25) is 0 Å². The SMILES string of the molecule is Cc1c(Cl)ccc2sc(N(Cc3ccccn3)C(=O)c3ccc(Br)o3)nc12. The van der Waals surface area contributed by atoms with Crippen molar-refractivity contribution in [2.24, 2.45) is 0 Å². The highest BCUT2D eigenvalue weighted by Crippen LogP contribution is 2.34. The zero-order valence-electron chi connectivity index (χ0n) is 14.1. The van der Waals surface area contributed by atoms with Gasteiger partial charge in [-0.3, -0.25) is 14.7 Å². The first-order valence-corrected chi connectivity index (χ1v) is 10.0. The molecule has 0 spiro atoms. The third-order valence-electron chi connectivity index (χ3n) is 4.04. The van der Waals surface area contributed by atoms with E-state index in [1.165, 1.54) is 11.3 Å². The standard InChI is InChI=1S/C19H13BrClN3O2S/c1-11-13(21)5-7-15-17(11)23-19(27-15)24(10-12-4-2-3-9-22-12)18(25)14-6-8-16(20)26-14/h2-9H,10H2,1H3. The molecule has 0 radical (unpaired) electrons. The Labute approximate surface area is 172 Å². The van der Waals surface area contributed by atoms with Crippen LogP contribution in [0.15, 0.2) is 57.7 Å². The zero-order valence-corrected chi connectivity index (χ0v) is 17.3. The van der Waals surface area contributed by atoms with Gasteiger partial charge in [0.1, 0.15) is 0 Å². The first kappa shape index (κ1) is 18.2. The van der Waals surface area contributed by atoms with E-state index in [-0.39, 0.29) is 18.2 Å². The van der Waals surface area contributed by atoms with Gasteiger partial charge >= 0.3 is 0 Å². The van der Waals surface area contributed by atoms with Crippen LogP contribution in [0.25, 0.3) is 10.2 Å². The van der Waals surface area contributed by atoms with E-state index in [9.17, 15) is 4.79 Å². The zero-order chi connectivity index (χ0) is 19.0. The number of fused-ring (bicyclic) bond motifs is 1. The summed E-state index contributed by atoms with van der Waals surface area (Å²) in [4.78, 5) is 23.7. The number of aromatic nitrogens is 2. The van der Waals surface area contributed by atoms with Gasteiger partial charge in [-0.2, -0.15) is 0 Å². The second-order valence-corrected chi connectivity index (χ2v) is 8.03. The Hall–Kier alpha value is -2.22. The van der Waals surface area contributed by atoms with Gasteiger partial charge in [0.25, 0.3) is 5.91 Å². The molecule has 3 aromatic heterocycles. The molecule has 4 aromatic rings. The largest absolute Gasteiger partial charge is 0.444 e. The second kappa shape index (κ2) is 7.42. The fourth-order valence-corrected chi connectivity index (χ4v) is 4.13. The van der Waals surface area contributed by atoms with E-state index >= 15 is 0 Å². The van der Waals surface area contributed by atoms with Crippen molar-refractivity contribution < 1.29 is 9.21 Å². The highest BCUT2D eigenvalue weighted by molar-refractivity contribution is 9.10. The molecule has 1 aromatic carbocycles. The number of halogens is 2. The van der Waals surface area contributed by atoms with Gasteiger partial charge in [-0.1, -0.05) is 29.0 Å². The molecule has 136 valence electrons. The van der Waals surface area contributed by atoms with Crippen LogP contribution in [0.5, 0.6) is 0 Å². The average Bonchev–Trinajstić information content (AvgIpc) is 3.30. The molecule has 0 N–H and O–H groups in total. The summed E-state index contributed by atoms with van der Waals surface area (Å²) < 4.78 is 6.92. The Morgan fingerprint density at radius 3 is 2.81 bits per heavy atom.